The van der Waals surface area contributed by atoms with Gasteiger partial charge in [-0.3, -0.25) is 0 Å². The average molecular weight is 433 g/mol. The first-order valence-electron chi connectivity index (χ1n) is 10.7. The van der Waals surface area contributed by atoms with Gasteiger partial charge in [0.05, 0.1) is 10.6 Å². The first-order chi connectivity index (χ1) is 15.0. The Morgan fingerprint density at radius 2 is 1.74 bits per heavy atom. The summed E-state index contributed by atoms with van der Waals surface area (Å²) >= 11 is 5.69. The minimum Gasteiger partial charge on any atom is -0.205 e. The fourth-order valence-electron chi connectivity index (χ4n) is 4.30. The molecule has 4 rings (SSSR count). The number of benzene rings is 3. The molecule has 0 saturated heterocycles. The number of rotatable bonds is 3. The lowest BCUT2D eigenvalue weighted by molar-refractivity contribution is 0.302. The predicted octanol–water partition coefficient (Wildman–Crippen LogP) is 7.54. The van der Waals surface area contributed by atoms with Crippen LogP contribution in [0, 0.1) is 47.7 Å². The molecule has 0 radical (unpaired) electrons. The van der Waals surface area contributed by atoms with Gasteiger partial charge in [0.2, 0.25) is 0 Å². The second-order valence-electron chi connectivity index (χ2n) is 8.28. The topological polar surface area (TPSA) is 0 Å². The van der Waals surface area contributed by atoms with Crippen LogP contribution in [-0.4, -0.2) is 0 Å². The summed E-state index contributed by atoms with van der Waals surface area (Å²) in [5, 5.41) is 1.46. The Hall–Kier alpha value is -2.81. The van der Waals surface area contributed by atoms with E-state index >= 15 is 0 Å². The smallest absolute Gasteiger partial charge is 0.146 e. The molecule has 0 atom stereocenters. The average Bonchev–Trinajstić information content (AvgIpc) is 2.80. The molecule has 31 heavy (non-hydrogen) atoms. The summed E-state index contributed by atoms with van der Waals surface area (Å²) in [5.41, 5.74) is 1.97. The van der Waals surface area contributed by atoms with Gasteiger partial charge in [-0.05, 0) is 79.7 Å². The summed E-state index contributed by atoms with van der Waals surface area (Å²) in [6.45, 7) is 0. The lowest BCUT2D eigenvalue weighted by atomic mass is 9.80. The first-order valence-corrected chi connectivity index (χ1v) is 11.1. The van der Waals surface area contributed by atoms with Crippen LogP contribution in [0.2, 0.25) is 5.02 Å². The molecule has 0 amide bonds. The van der Waals surface area contributed by atoms with E-state index in [0.717, 1.165) is 37.0 Å². The fourth-order valence-corrected chi connectivity index (χ4v) is 4.41. The second kappa shape index (κ2) is 9.55. The highest BCUT2D eigenvalue weighted by Crippen LogP contribution is 2.31. The zero-order valence-electron chi connectivity index (χ0n) is 17.2. The van der Waals surface area contributed by atoms with Crippen LogP contribution in [0.4, 0.5) is 8.78 Å². The van der Waals surface area contributed by atoms with E-state index < -0.39 is 5.82 Å². The van der Waals surface area contributed by atoms with Crippen molar-refractivity contribution in [2.75, 3.05) is 0 Å². The van der Waals surface area contributed by atoms with Crippen LogP contribution in [0.25, 0.3) is 10.8 Å². The molecular weight excluding hydrogens is 410 g/mol. The third-order valence-corrected chi connectivity index (χ3v) is 6.51. The first kappa shape index (κ1) is 21.4. The van der Waals surface area contributed by atoms with Crippen LogP contribution < -0.4 is 0 Å². The lowest BCUT2D eigenvalue weighted by Crippen LogP contribution is -2.13. The zero-order chi connectivity index (χ0) is 21.8. The molecule has 0 aliphatic heterocycles. The molecule has 0 nitrogen and oxygen atoms in total. The monoisotopic (exact) mass is 432 g/mol. The van der Waals surface area contributed by atoms with Gasteiger partial charge < -0.3 is 0 Å². The van der Waals surface area contributed by atoms with Crippen molar-refractivity contribution in [3.05, 3.63) is 81.9 Å². The summed E-state index contributed by atoms with van der Waals surface area (Å²) in [6, 6.07) is 13.8. The molecule has 0 spiro atoms. The molecule has 0 heterocycles. The summed E-state index contributed by atoms with van der Waals surface area (Å²) in [6.07, 6.45) is 12.4. The molecule has 3 aromatic carbocycles. The van der Waals surface area contributed by atoms with E-state index in [1.54, 1.807) is 12.1 Å². The number of hydrogen-bond donors (Lipinski definition) is 0. The highest BCUT2D eigenvalue weighted by atomic mass is 35.5. The predicted molar refractivity (Wildman–Crippen MR) is 124 cm³/mol. The quantitative estimate of drug-likeness (QED) is 0.375. The minimum atomic E-state index is -0.538. The Balaban J connectivity index is 1.47. The molecule has 1 saturated carbocycles. The van der Waals surface area contributed by atoms with Gasteiger partial charge in [-0.15, -0.1) is 12.3 Å². The maximum Gasteiger partial charge on any atom is 0.146 e. The summed E-state index contributed by atoms with van der Waals surface area (Å²) in [4.78, 5) is 0. The normalized spacial score (nSPS) is 18.3. The lowest BCUT2D eigenvalue weighted by Gasteiger charge is -2.25. The van der Waals surface area contributed by atoms with E-state index in [9.17, 15) is 8.78 Å². The molecule has 0 aromatic heterocycles. The molecule has 1 aliphatic rings. The van der Waals surface area contributed by atoms with Crippen molar-refractivity contribution in [3.8, 4) is 24.2 Å². The van der Waals surface area contributed by atoms with Crippen molar-refractivity contribution in [1.29, 1.82) is 0 Å². The van der Waals surface area contributed by atoms with Crippen molar-refractivity contribution in [1.82, 2.24) is 0 Å². The van der Waals surface area contributed by atoms with Crippen molar-refractivity contribution >= 4 is 22.4 Å². The molecule has 156 valence electrons. The molecule has 0 bridgehead atoms. The van der Waals surface area contributed by atoms with Crippen LogP contribution in [0.5, 0.6) is 0 Å². The molecule has 3 aromatic rings. The number of fused-ring (bicyclic) bond motifs is 1. The second-order valence-corrected chi connectivity index (χ2v) is 8.69. The van der Waals surface area contributed by atoms with Crippen molar-refractivity contribution in [3.63, 3.8) is 0 Å². The van der Waals surface area contributed by atoms with E-state index in [2.05, 4.69) is 23.8 Å². The van der Waals surface area contributed by atoms with E-state index in [4.69, 9.17) is 18.0 Å². The number of aryl methyl sites for hydroxylation is 1. The Kier molecular flexibility index (Phi) is 6.60. The highest BCUT2D eigenvalue weighted by Gasteiger charge is 2.19. The minimum absolute atomic E-state index is 0.0403. The molecule has 1 fully saturated rings. The van der Waals surface area contributed by atoms with Crippen LogP contribution in [-0.2, 0) is 6.42 Å². The van der Waals surface area contributed by atoms with Crippen molar-refractivity contribution in [2.45, 2.75) is 38.5 Å². The van der Waals surface area contributed by atoms with Crippen LogP contribution in [0.3, 0.4) is 0 Å². The Morgan fingerprint density at radius 1 is 0.935 bits per heavy atom. The zero-order valence-corrected chi connectivity index (χ0v) is 18.0. The van der Waals surface area contributed by atoms with Crippen molar-refractivity contribution < 1.29 is 8.78 Å². The van der Waals surface area contributed by atoms with Gasteiger partial charge in [0.1, 0.15) is 11.6 Å². The standard InChI is InChI=1S/C28H23ClF2/c1-2-19-3-5-20(6-4-19)7-8-21-10-15-25-24(17-21)14-13-23(28(25)31)12-9-22-11-16-26(29)27(30)18-22/h1,10-11,13-20H,3-8H2. The SMILES string of the molecule is C#CC1CCC(CCc2ccc3c(F)c(C#Cc4ccc(Cl)c(F)c4)ccc3c2)CC1. The summed E-state index contributed by atoms with van der Waals surface area (Å²) in [5.74, 6) is 8.80. The van der Waals surface area contributed by atoms with Crippen LogP contribution in [0.1, 0.15) is 48.8 Å². The van der Waals surface area contributed by atoms with Gasteiger partial charge in [0.15, 0.2) is 0 Å². The van der Waals surface area contributed by atoms with E-state index in [1.165, 1.54) is 30.5 Å². The van der Waals surface area contributed by atoms with Crippen LogP contribution in [0.15, 0.2) is 48.5 Å². The summed E-state index contributed by atoms with van der Waals surface area (Å²) in [7, 11) is 0. The third-order valence-electron chi connectivity index (χ3n) is 6.20. The maximum atomic E-state index is 15.0. The number of terminal acetylenes is 1. The van der Waals surface area contributed by atoms with Gasteiger partial charge in [0.25, 0.3) is 0 Å². The summed E-state index contributed by atoms with van der Waals surface area (Å²) < 4.78 is 28.5. The van der Waals surface area contributed by atoms with Crippen LogP contribution >= 0.6 is 11.6 Å². The van der Waals surface area contributed by atoms with Gasteiger partial charge >= 0.3 is 0 Å². The molecule has 1 aliphatic carbocycles. The Labute approximate surface area is 187 Å². The highest BCUT2D eigenvalue weighted by molar-refractivity contribution is 6.30. The maximum absolute atomic E-state index is 15.0. The molecule has 0 unspecified atom stereocenters. The Bertz CT molecular complexity index is 1200. The number of halogens is 3. The van der Waals surface area contributed by atoms with E-state index in [-0.39, 0.29) is 10.8 Å². The van der Waals surface area contributed by atoms with Gasteiger partial charge in [-0.1, -0.05) is 47.7 Å². The fraction of sp³-hybridized carbons (Fsp3) is 0.286. The van der Waals surface area contributed by atoms with E-state index in [1.807, 2.05) is 18.2 Å². The molecular formula is C28H23ClF2. The van der Waals surface area contributed by atoms with Crippen molar-refractivity contribution in [2.24, 2.45) is 11.8 Å². The largest absolute Gasteiger partial charge is 0.205 e. The molecule has 3 heteroatoms. The van der Waals surface area contributed by atoms with E-state index in [0.29, 0.717) is 22.4 Å². The van der Waals surface area contributed by atoms with Gasteiger partial charge in [-0.25, -0.2) is 8.78 Å². The number of hydrogen-bond acceptors (Lipinski definition) is 0. The molecule has 0 N–H and O–H groups in total. The van der Waals surface area contributed by atoms with Gasteiger partial charge in [-0.2, -0.15) is 0 Å². The Morgan fingerprint density at radius 3 is 2.48 bits per heavy atom. The third kappa shape index (κ3) is 5.10. The van der Waals surface area contributed by atoms with Gasteiger partial charge in [0, 0.05) is 16.9 Å².